The van der Waals surface area contributed by atoms with Gasteiger partial charge in [0.1, 0.15) is 24.2 Å². The van der Waals surface area contributed by atoms with Gasteiger partial charge in [0.15, 0.2) is 0 Å². The molecular weight excluding hydrogens is 498 g/mol. The van der Waals surface area contributed by atoms with Crippen molar-refractivity contribution in [2.24, 2.45) is 11.8 Å². The highest BCUT2D eigenvalue weighted by Gasteiger charge is 2.79. The van der Waals surface area contributed by atoms with E-state index in [1.54, 1.807) is 11.0 Å². The summed E-state index contributed by atoms with van der Waals surface area (Å²) in [5, 5.41) is 9.87. The molecule has 9 heteroatoms. The predicted octanol–water partition coefficient (Wildman–Crippen LogP) is 2.93. The number of β-amino-alcohol motifs (C(OH)–C–C–N with tert-alkyl or cyclic N) is 1. The summed E-state index contributed by atoms with van der Waals surface area (Å²) < 4.78 is 12.1. The third kappa shape index (κ3) is 4.55. The third-order valence-electron chi connectivity index (χ3n) is 8.72. The summed E-state index contributed by atoms with van der Waals surface area (Å²) in [5.74, 6) is -2.87. The zero-order valence-electron chi connectivity index (χ0n) is 23.3. The minimum Gasteiger partial charge on any atom is -0.461 e. The number of aliphatic hydroxyl groups is 1. The number of ether oxygens (including phenoxy) is 2. The molecule has 1 N–H and O–H groups in total. The molecule has 0 aromatic heterocycles. The molecule has 39 heavy (non-hydrogen) atoms. The first-order valence-corrected chi connectivity index (χ1v) is 13.9. The largest absolute Gasteiger partial charge is 0.461 e. The third-order valence-corrected chi connectivity index (χ3v) is 8.72. The van der Waals surface area contributed by atoms with E-state index in [1.807, 2.05) is 31.2 Å². The molecule has 4 rings (SSSR count). The van der Waals surface area contributed by atoms with E-state index in [0.29, 0.717) is 24.9 Å². The Bertz CT molecular complexity index is 1100. The second-order valence-electron chi connectivity index (χ2n) is 10.4. The van der Waals surface area contributed by atoms with Gasteiger partial charge in [0.2, 0.25) is 5.91 Å². The van der Waals surface area contributed by atoms with Crippen LogP contribution >= 0.6 is 0 Å². The van der Waals surface area contributed by atoms with E-state index in [2.05, 4.69) is 31.9 Å². The number of hydrogen-bond donors (Lipinski definition) is 1. The minimum absolute atomic E-state index is 0.0301. The van der Waals surface area contributed by atoms with Gasteiger partial charge in [-0.3, -0.25) is 14.4 Å². The van der Waals surface area contributed by atoms with Gasteiger partial charge in [-0.15, -0.1) is 6.58 Å². The summed E-state index contributed by atoms with van der Waals surface area (Å²) in [7, 11) is 0. The molecule has 1 aromatic carbocycles. The van der Waals surface area contributed by atoms with Gasteiger partial charge in [0.05, 0.1) is 18.1 Å². The molecule has 9 nitrogen and oxygen atoms in total. The van der Waals surface area contributed by atoms with E-state index in [0.717, 1.165) is 18.8 Å². The molecule has 2 amide bonds. The standard InChI is InChI=1S/C30H41N3O6/c1-6-17-32(22-13-11-21(12-14-22)31(9-4)10-5)27(36)25-30-16-15-29(8-3,39-30)24(28(37)38-20-7-2)23(30)26(35)33(25)18-19-34/h6-7,11-14,23-25,34H,1-2,8-10,15-20H2,3-5H3/t23-,24-,25?,29+,30?/m0/s1. The average molecular weight is 540 g/mol. The van der Waals surface area contributed by atoms with Gasteiger partial charge in [0, 0.05) is 37.6 Å². The number of carbonyl (C=O) groups excluding carboxylic acids is 3. The SMILES string of the molecule is C=CCOC(=O)[C@@H]1[C@H]2C(=O)N(CCO)C(C(=O)N(CC=C)c3ccc(N(CC)CC)cc3)C23CC[C@@]1(CC)O3. The van der Waals surface area contributed by atoms with Gasteiger partial charge >= 0.3 is 5.97 Å². The number of carbonyl (C=O) groups is 3. The Morgan fingerprint density at radius 3 is 2.36 bits per heavy atom. The lowest BCUT2D eigenvalue weighted by Crippen LogP contribution is -2.56. The first kappa shape index (κ1) is 28.8. The van der Waals surface area contributed by atoms with E-state index < -0.39 is 35.0 Å². The highest BCUT2D eigenvalue weighted by atomic mass is 16.6. The summed E-state index contributed by atoms with van der Waals surface area (Å²) >= 11 is 0. The van der Waals surface area contributed by atoms with Gasteiger partial charge in [-0.2, -0.15) is 0 Å². The van der Waals surface area contributed by atoms with E-state index in [1.165, 1.54) is 11.0 Å². The van der Waals surface area contributed by atoms with E-state index in [9.17, 15) is 19.5 Å². The first-order chi connectivity index (χ1) is 18.8. The molecule has 2 unspecified atom stereocenters. The number of hydrogen-bond acceptors (Lipinski definition) is 7. The molecule has 5 atom stereocenters. The molecule has 3 heterocycles. The Labute approximate surface area is 231 Å². The van der Waals surface area contributed by atoms with Crippen LogP contribution in [0, 0.1) is 11.8 Å². The molecule has 3 saturated heterocycles. The highest BCUT2D eigenvalue weighted by Crippen LogP contribution is 2.64. The van der Waals surface area contributed by atoms with Crippen molar-refractivity contribution < 1.29 is 29.0 Å². The van der Waals surface area contributed by atoms with Crippen molar-refractivity contribution >= 4 is 29.2 Å². The molecule has 3 aliphatic rings. The minimum atomic E-state index is -1.18. The van der Waals surface area contributed by atoms with Gasteiger partial charge in [0.25, 0.3) is 5.91 Å². The van der Waals surface area contributed by atoms with Crippen LogP contribution in [0.4, 0.5) is 11.4 Å². The predicted molar refractivity (Wildman–Crippen MR) is 149 cm³/mol. The number of fused-ring (bicyclic) bond motifs is 1. The van der Waals surface area contributed by atoms with Gasteiger partial charge < -0.3 is 29.3 Å². The van der Waals surface area contributed by atoms with Crippen molar-refractivity contribution in [3.8, 4) is 0 Å². The normalized spacial score (nSPS) is 28.8. The van der Waals surface area contributed by atoms with Crippen molar-refractivity contribution in [2.75, 3.05) is 49.2 Å². The Balaban J connectivity index is 1.75. The Morgan fingerprint density at radius 2 is 1.79 bits per heavy atom. The maximum absolute atomic E-state index is 14.4. The van der Waals surface area contributed by atoms with Crippen LogP contribution < -0.4 is 9.80 Å². The second-order valence-corrected chi connectivity index (χ2v) is 10.4. The van der Waals surface area contributed by atoms with E-state index in [4.69, 9.17) is 9.47 Å². The van der Waals surface area contributed by atoms with Crippen LogP contribution in [0.15, 0.2) is 49.6 Å². The van der Waals surface area contributed by atoms with Crippen molar-refractivity contribution in [3.63, 3.8) is 0 Å². The number of rotatable bonds is 13. The lowest BCUT2D eigenvalue weighted by Gasteiger charge is -2.36. The topological polar surface area (TPSA) is 99.6 Å². The number of nitrogens with zero attached hydrogens (tertiary/aromatic N) is 3. The monoisotopic (exact) mass is 539 g/mol. The fourth-order valence-corrected chi connectivity index (χ4v) is 6.97. The maximum Gasteiger partial charge on any atom is 0.313 e. The summed E-state index contributed by atoms with van der Waals surface area (Å²) in [6, 6.07) is 6.76. The average Bonchev–Trinajstić information content (AvgIpc) is 3.55. The molecular formula is C30H41N3O6. The zero-order valence-corrected chi connectivity index (χ0v) is 23.3. The zero-order chi connectivity index (χ0) is 28.4. The van der Waals surface area contributed by atoms with Crippen molar-refractivity contribution in [3.05, 3.63) is 49.6 Å². The molecule has 0 aliphatic carbocycles. The molecule has 1 aromatic rings. The lowest BCUT2D eigenvalue weighted by molar-refractivity contribution is -0.160. The van der Waals surface area contributed by atoms with Crippen LogP contribution in [-0.2, 0) is 23.9 Å². The van der Waals surface area contributed by atoms with Crippen molar-refractivity contribution in [2.45, 2.75) is 57.3 Å². The van der Waals surface area contributed by atoms with Crippen LogP contribution in [0.3, 0.4) is 0 Å². The maximum atomic E-state index is 14.4. The van der Waals surface area contributed by atoms with E-state index >= 15 is 0 Å². The Kier molecular flexibility index (Phi) is 8.51. The van der Waals surface area contributed by atoms with Crippen molar-refractivity contribution in [1.29, 1.82) is 0 Å². The molecule has 0 saturated carbocycles. The Morgan fingerprint density at radius 1 is 1.13 bits per heavy atom. The molecule has 3 fully saturated rings. The molecule has 1 spiro atoms. The van der Waals surface area contributed by atoms with Crippen molar-refractivity contribution in [1.82, 2.24) is 4.90 Å². The number of benzene rings is 1. The van der Waals surface area contributed by atoms with Crippen LogP contribution in [0.1, 0.15) is 40.0 Å². The second kappa shape index (κ2) is 11.5. The summed E-state index contributed by atoms with van der Waals surface area (Å²) in [6.45, 7) is 15.2. The van der Waals surface area contributed by atoms with Gasteiger partial charge in [-0.25, -0.2) is 0 Å². The van der Waals surface area contributed by atoms with Crippen LogP contribution in [0.25, 0.3) is 0 Å². The number of esters is 1. The number of amides is 2. The fourth-order valence-electron chi connectivity index (χ4n) is 6.97. The number of anilines is 2. The van der Waals surface area contributed by atoms with Crippen LogP contribution in [-0.4, -0.2) is 84.4 Å². The van der Waals surface area contributed by atoms with E-state index in [-0.39, 0.29) is 38.1 Å². The Hall–Kier alpha value is -3.17. The lowest BCUT2D eigenvalue weighted by atomic mass is 9.65. The van der Waals surface area contributed by atoms with Gasteiger partial charge in [-0.05, 0) is 57.4 Å². The number of likely N-dealkylation sites (tertiary alicyclic amines) is 1. The highest BCUT2D eigenvalue weighted by molar-refractivity contribution is 6.05. The molecule has 2 bridgehead atoms. The van der Waals surface area contributed by atoms with Crippen LogP contribution in [0.5, 0.6) is 0 Å². The summed E-state index contributed by atoms with van der Waals surface area (Å²) in [4.78, 5) is 46.9. The molecule has 212 valence electrons. The molecule has 0 radical (unpaired) electrons. The van der Waals surface area contributed by atoms with Crippen LogP contribution in [0.2, 0.25) is 0 Å². The first-order valence-electron chi connectivity index (χ1n) is 13.9. The molecule has 3 aliphatic heterocycles. The smallest absolute Gasteiger partial charge is 0.313 e. The summed E-state index contributed by atoms with van der Waals surface area (Å²) in [5.41, 5.74) is -0.337. The fraction of sp³-hybridized carbons (Fsp3) is 0.567. The van der Waals surface area contributed by atoms with Gasteiger partial charge in [-0.1, -0.05) is 25.7 Å². The number of aliphatic hydroxyl groups excluding tert-OH is 1. The quantitative estimate of drug-likeness (QED) is 0.304. The summed E-state index contributed by atoms with van der Waals surface area (Å²) in [6.07, 6.45) is 4.65.